The molecule has 4 rings (SSSR count). The third kappa shape index (κ3) is 4.86. The Balaban J connectivity index is 1.55. The number of aromatic nitrogens is 3. The summed E-state index contributed by atoms with van der Waals surface area (Å²) in [5.41, 5.74) is -0.633. The first-order valence-electron chi connectivity index (χ1n) is 9.86. The maximum Gasteiger partial charge on any atom is 0.417 e. The van der Waals surface area contributed by atoms with Crippen molar-refractivity contribution in [1.82, 2.24) is 19.9 Å². The first-order chi connectivity index (χ1) is 15.4. The summed E-state index contributed by atoms with van der Waals surface area (Å²) in [6.45, 7) is 1.95. The van der Waals surface area contributed by atoms with Crippen LogP contribution in [0.15, 0.2) is 61.2 Å². The van der Waals surface area contributed by atoms with Crippen LogP contribution in [0.5, 0.6) is 0 Å². The lowest BCUT2D eigenvalue weighted by Crippen LogP contribution is -2.49. The molecule has 32 heavy (non-hydrogen) atoms. The molecule has 0 N–H and O–H groups in total. The normalized spacial score (nSPS) is 14.0. The smallest absolute Gasteiger partial charge is 0.352 e. The van der Waals surface area contributed by atoms with E-state index in [9.17, 15) is 18.0 Å². The van der Waals surface area contributed by atoms with E-state index in [0.29, 0.717) is 31.9 Å². The number of anilines is 1. The van der Waals surface area contributed by atoms with E-state index in [1.54, 1.807) is 41.7 Å². The van der Waals surface area contributed by atoms with E-state index in [4.69, 9.17) is 0 Å². The van der Waals surface area contributed by atoms with Crippen molar-refractivity contribution < 1.29 is 18.0 Å². The van der Waals surface area contributed by atoms with Crippen LogP contribution in [0.3, 0.4) is 0 Å². The van der Waals surface area contributed by atoms with Crippen LogP contribution in [0.2, 0.25) is 0 Å². The van der Waals surface area contributed by atoms with Crippen molar-refractivity contribution in [3.05, 3.63) is 83.6 Å². The summed E-state index contributed by atoms with van der Waals surface area (Å²) in [6, 6.07) is 8.30. The molecule has 1 fully saturated rings. The molecular weight excluding hydrogens is 419 g/mol. The molecule has 162 valence electrons. The highest BCUT2D eigenvalue weighted by Gasteiger charge is 2.34. The Morgan fingerprint density at radius 3 is 2.41 bits per heavy atom. The van der Waals surface area contributed by atoms with Crippen LogP contribution in [0.4, 0.5) is 19.0 Å². The quantitative estimate of drug-likeness (QED) is 0.576. The minimum absolute atomic E-state index is 0.163. The van der Waals surface area contributed by atoms with Gasteiger partial charge < -0.3 is 9.80 Å². The van der Waals surface area contributed by atoms with Gasteiger partial charge in [0.15, 0.2) is 0 Å². The summed E-state index contributed by atoms with van der Waals surface area (Å²) in [6.07, 6.45) is 1.76. The third-order valence-electron chi connectivity index (χ3n) is 5.00. The lowest BCUT2D eigenvalue weighted by Gasteiger charge is -2.35. The number of alkyl halides is 3. The van der Waals surface area contributed by atoms with Gasteiger partial charge in [0, 0.05) is 55.9 Å². The van der Waals surface area contributed by atoms with Crippen LogP contribution in [-0.2, 0) is 6.18 Å². The number of pyridine rings is 1. The van der Waals surface area contributed by atoms with E-state index in [1.807, 2.05) is 4.90 Å². The number of amides is 1. The van der Waals surface area contributed by atoms with Gasteiger partial charge in [-0.1, -0.05) is 12.0 Å². The van der Waals surface area contributed by atoms with Crippen LogP contribution < -0.4 is 4.90 Å². The number of benzene rings is 1. The maximum absolute atomic E-state index is 13.5. The number of halogens is 3. The zero-order valence-electron chi connectivity index (χ0n) is 16.9. The van der Waals surface area contributed by atoms with Gasteiger partial charge >= 0.3 is 6.18 Å². The highest BCUT2D eigenvalue weighted by molar-refractivity contribution is 5.95. The lowest BCUT2D eigenvalue weighted by atomic mass is 10.0. The van der Waals surface area contributed by atoms with Gasteiger partial charge in [-0.25, -0.2) is 9.97 Å². The third-order valence-corrected chi connectivity index (χ3v) is 5.00. The number of carbonyl (C=O) groups excluding carboxylic acids is 1. The number of hydrogen-bond acceptors (Lipinski definition) is 5. The molecule has 0 unspecified atom stereocenters. The van der Waals surface area contributed by atoms with Crippen LogP contribution in [0, 0.1) is 11.8 Å². The van der Waals surface area contributed by atoms with Gasteiger partial charge in [0.25, 0.3) is 5.91 Å². The number of carbonyl (C=O) groups is 1. The SMILES string of the molecule is O=C(c1ccc(C(F)(F)F)c(C#Cc2ccccn2)c1)N1CCN(c2cnccn2)CC1. The van der Waals surface area contributed by atoms with Crippen molar-refractivity contribution >= 4 is 11.7 Å². The van der Waals surface area contributed by atoms with Crippen LogP contribution in [0.1, 0.15) is 27.2 Å². The standard InChI is InChI=1S/C23H18F3N5O/c24-23(25,26)20-7-5-18(15-17(20)4-6-19-3-1-2-8-28-19)22(32)31-13-11-30(12-14-31)21-16-27-9-10-29-21/h1-3,5,7-10,15-16H,11-14H2. The summed E-state index contributed by atoms with van der Waals surface area (Å²) in [5.74, 6) is 5.56. The molecule has 0 bridgehead atoms. The maximum atomic E-state index is 13.5. The highest BCUT2D eigenvalue weighted by Crippen LogP contribution is 2.32. The highest BCUT2D eigenvalue weighted by atomic mass is 19.4. The minimum Gasteiger partial charge on any atom is -0.352 e. The van der Waals surface area contributed by atoms with Gasteiger partial charge in [0.05, 0.1) is 11.8 Å². The van der Waals surface area contributed by atoms with Gasteiger partial charge in [-0.15, -0.1) is 0 Å². The van der Waals surface area contributed by atoms with E-state index < -0.39 is 11.7 Å². The molecule has 6 nitrogen and oxygen atoms in total. The van der Waals surface area contributed by atoms with Crippen molar-refractivity contribution in [3.63, 3.8) is 0 Å². The fourth-order valence-corrected chi connectivity index (χ4v) is 3.37. The zero-order valence-corrected chi connectivity index (χ0v) is 16.9. The molecule has 3 heterocycles. The molecule has 0 aliphatic carbocycles. The van der Waals surface area contributed by atoms with Gasteiger partial charge in [-0.2, -0.15) is 13.2 Å². The van der Waals surface area contributed by atoms with Crippen molar-refractivity contribution in [2.24, 2.45) is 0 Å². The molecule has 1 aromatic carbocycles. The molecular formula is C23H18F3N5O. The van der Waals surface area contributed by atoms with E-state index in [2.05, 4.69) is 26.8 Å². The summed E-state index contributed by atoms with van der Waals surface area (Å²) in [4.78, 5) is 28.9. The molecule has 0 radical (unpaired) electrons. The van der Waals surface area contributed by atoms with E-state index in [0.717, 1.165) is 11.9 Å². The minimum atomic E-state index is -4.59. The van der Waals surface area contributed by atoms with Gasteiger partial charge in [-0.05, 0) is 36.3 Å². The topological polar surface area (TPSA) is 62.2 Å². The second-order valence-corrected chi connectivity index (χ2v) is 7.07. The monoisotopic (exact) mass is 437 g/mol. The average molecular weight is 437 g/mol. The van der Waals surface area contributed by atoms with Crippen molar-refractivity contribution in [2.45, 2.75) is 6.18 Å². The first-order valence-corrected chi connectivity index (χ1v) is 9.86. The van der Waals surface area contributed by atoms with Crippen LogP contribution in [-0.4, -0.2) is 51.9 Å². The van der Waals surface area contributed by atoms with Gasteiger partial charge in [-0.3, -0.25) is 9.78 Å². The van der Waals surface area contributed by atoms with E-state index in [-0.39, 0.29) is 17.0 Å². The van der Waals surface area contributed by atoms with Crippen molar-refractivity contribution in [3.8, 4) is 11.8 Å². The zero-order chi connectivity index (χ0) is 22.6. The molecule has 1 amide bonds. The number of hydrogen-bond donors (Lipinski definition) is 0. The Morgan fingerprint density at radius 2 is 1.75 bits per heavy atom. The molecule has 1 saturated heterocycles. The van der Waals surface area contributed by atoms with Crippen molar-refractivity contribution in [1.29, 1.82) is 0 Å². The van der Waals surface area contributed by atoms with E-state index in [1.165, 1.54) is 18.3 Å². The van der Waals surface area contributed by atoms with Crippen LogP contribution in [0.25, 0.3) is 0 Å². The largest absolute Gasteiger partial charge is 0.417 e. The predicted molar refractivity (Wildman–Crippen MR) is 112 cm³/mol. The fourth-order valence-electron chi connectivity index (χ4n) is 3.37. The molecule has 2 aromatic heterocycles. The molecule has 1 aliphatic rings. The molecule has 3 aromatic rings. The summed E-state index contributed by atoms with van der Waals surface area (Å²) >= 11 is 0. The average Bonchev–Trinajstić information content (AvgIpc) is 2.83. The summed E-state index contributed by atoms with van der Waals surface area (Å²) in [7, 11) is 0. The molecule has 1 aliphatic heterocycles. The first kappa shape index (κ1) is 21.3. The number of piperazine rings is 1. The van der Waals surface area contributed by atoms with Crippen LogP contribution >= 0.6 is 0 Å². The number of rotatable bonds is 2. The Hall–Kier alpha value is -3.93. The second-order valence-electron chi connectivity index (χ2n) is 7.07. The molecule has 0 spiro atoms. The van der Waals surface area contributed by atoms with Gasteiger partial charge in [0.1, 0.15) is 11.5 Å². The second kappa shape index (κ2) is 9.06. The predicted octanol–water partition coefficient (Wildman–Crippen LogP) is 3.25. The molecule has 0 atom stereocenters. The Kier molecular flexibility index (Phi) is 6.03. The van der Waals surface area contributed by atoms with Gasteiger partial charge in [0.2, 0.25) is 0 Å². The Labute approximate surface area is 182 Å². The Morgan fingerprint density at radius 1 is 0.938 bits per heavy atom. The van der Waals surface area contributed by atoms with E-state index >= 15 is 0 Å². The Bertz CT molecular complexity index is 1150. The summed E-state index contributed by atoms with van der Waals surface area (Å²) in [5, 5.41) is 0. The summed E-state index contributed by atoms with van der Waals surface area (Å²) < 4.78 is 40.4. The molecule has 9 heteroatoms. The van der Waals surface area contributed by atoms with Crippen molar-refractivity contribution in [2.75, 3.05) is 31.1 Å². The molecule has 0 saturated carbocycles. The fraction of sp³-hybridized carbons (Fsp3) is 0.217. The number of nitrogens with zero attached hydrogens (tertiary/aromatic N) is 5. The lowest BCUT2D eigenvalue weighted by molar-refractivity contribution is -0.137.